The molecule has 18 nitrogen and oxygen atoms in total. The van der Waals surface area contributed by atoms with E-state index >= 15 is 0 Å². The molecule has 0 unspecified atom stereocenters. The van der Waals surface area contributed by atoms with E-state index in [2.05, 4.69) is 90.8 Å². The second-order valence-corrected chi connectivity index (χ2v) is 18.6. The van der Waals surface area contributed by atoms with Crippen molar-refractivity contribution in [3.8, 4) is 34.7 Å². The van der Waals surface area contributed by atoms with Gasteiger partial charge in [-0.1, -0.05) is 13.8 Å². The zero-order valence-electron chi connectivity index (χ0n) is 41.3. The Morgan fingerprint density at radius 1 is 0.603 bits per heavy atom. The number of hydrogen-bond donors (Lipinski definition) is 2. The van der Waals surface area contributed by atoms with Crippen LogP contribution in [0.3, 0.4) is 0 Å². The number of alkyl halides is 2. The van der Waals surface area contributed by atoms with E-state index in [-0.39, 0.29) is 18.4 Å². The minimum Gasteiger partial charge on any atom is -0.397 e. The number of likely N-dealkylation sites (N-methyl/N-ethyl adjacent to an activating group) is 2. The van der Waals surface area contributed by atoms with E-state index in [1.807, 2.05) is 29.2 Å². The van der Waals surface area contributed by atoms with Gasteiger partial charge in [0.15, 0.2) is 0 Å². The fourth-order valence-electron chi connectivity index (χ4n) is 9.00. The molecule has 380 valence electrons. The molecule has 73 heavy (non-hydrogen) atoms. The molecule has 6 aromatic heterocycles. The summed E-state index contributed by atoms with van der Waals surface area (Å²) in [6, 6.07) is 19.2. The van der Waals surface area contributed by atoms with Gasteiger partial charge in [-0.05, 0) is 86.1 Å². The average molecular weight is 1010 g/mol. The van der Waals surface area contributed by atoms with E-state index in [9.17, 15) is 19.3 Å². The van der Waals surface area contributed by atoms with Crippen LogP contribution >= 0.6 is 11.6 Å². The first-order valence-corrected chi connectivity index (χ1v) is 25.2. The number of halogens is 3. The van der Waals surface area contributed by atoms with Crippen LogP contribution in [0.4, 0.5) is 37.7 Å². The topological polar surface area (TPSA) is 208 Å². The van der Waals surface area contributed by atoms with Crippen molar-refractivity contribution < 1.29 is 8.78 Å². The van der Waals surface area contributed by atoms with E-state index in [0.717, 1.165) is 88.2 Å². The number of rotatable bonds is 12. The van der Waals surface area contributed by atoms with Gasteiger partial charge in [0.05, 0.1) is 70.8 Å². The van der Waals surface area contributed by atoms with Crippen LogP contribution in [0.5, 0.6) is 0 Å². The largest absolute Gasteiger partial charge is 0.397 e. The number of nitrogen functional groups attached to an aromatic ring is 1. The highest BCUT2D eigenvalue weighted by Gasteiger charge is 2.27. The van der Waals surface area contributed by atoms with E-state index in [0.29, 0.717) is 77.2 Å². The number of anilines is 5. The summed E-state index contributed by atoms with van der Waals surface area (Å²) in [5.41, 5.74) is 12.7. The zero-order valence-corrected chi connectivity index (χ0v) is 42.1. The molecule has 0 amide bonds. The molecule has 0 spiro atoms. The van der Waals surface area contributed by atoms with Crippen molar-refractivity contribution in [3.05, 3.63) is 114 Å². The number of aromatic nitrogens is 8. The SMILES string of the molecule is CCN1CCN(Cc2ccc(N)cn2)CC1.CCN1CCN(Cc2ccc(Nc3nccc(-c4cnc(N5CC[C@H](F)C5)c(C#N)c4)n3)cn2)CC1.N#Cc1cc(-c2ccnc(Cl)n2)cnc1N1CC[C@H](F)C1. The maximum atomic E-state index is 13.6. The van der Waals surface area contributed by atoms with Gasteiger partial charge >= 0.3 is 0 Å². The monoisotopic (exact) mass is 1010 g/mol. The standard InChI is InChI=1S/C26H30FN9.C14H11ClFN5.C12H20N4/c1-2-34-9-11-35(12-10-34)18-23-4-3-22(16-30-23)32-26-29-7-5-24(33-26)20-13-19(14-28)25(31-15-20)36-8-6-21(27)17-36;15-14-18-3-1-12(20-14)10-5-9(6-17)13(19-7-10)21-4-2-11(16)8-21;1-2-15-5-7-16(8-6-15)10-12-4-3-11(13)9-14-12/h3-5,7,13,15-16,21H,2,6,8-12,17-18H2,1H3,(H,29,32,33);1,3,5,7,11H,2,4,8H2;3-4,9H,2,5-8,10,13H2,1H3/t21-;11-;/m00./s1. The van der Waals surface area contributed by atoms with Crippen LogP contribution in [0, 0.1) is 22.7 Å². The summed E-state index contributed by atoms with van der Waals surface area (Å²) in [5, 5.41) is 22.3. The number of nitrogens with two attached hydrogens (primary N) is 1. The Hall–Kier alpha value is -7.07. The zero-order chi connectivity index (χ0) is 51.1. The molecule has 10 rings (SSSR count). The van der Waals surface area contributed by atoms with Crippen molar-refractivity contribution in [2.45, 2.75) is 52.1 Å². The number of hydrogen-bond acceptors (Lipinski definition) is 18. The van der Waals surface area contributed by atoms with Crippen molar-refractivity contribution in [2.75, 3.05) is 112 Å². The fourth-order valence-corrected chi connectivity index (χ4v) is 9.14. The molecule has 2 atom stereocenters. The second-order valence-electron chi connectivity index (χ2n) is 18.2. The molecule has 0 aromatic carbocycles. The molecule has 4 aliphatic heterocycles. The van der Waals surface area contributed by atoms with Crippen molar-refractivity contribution in [2.24, 2.45) is 0 Å². The number of piperazine rings is 2. The predicted octanol–water partition coefficient (Wildman–Crippen LogP) is 6.65. The van der Waals surface area contributed by atoms with Crippen LogP contribution < -0.4 is 20.9 Å². The smallest absolute Gasteiger partial charge is 0.227 e. The molecule has 3 N–H and O–H groups in total. The molecule has 0 radical (unpaired) electrons. The fraction of sp³-hybridized carbons (Fsp3) is 0.423. The van der Waals surface area contributed by atoms with E-state index < -0.39 is 12.3 Å². The predicted molar refractivity (Wildman–Crippen MR) is 279 cm³/mol. The number of pyridine rings is 4. The van der Waals surface area contributed by atoms with Crippen LogP contribution in [-0.4, -0.2) is 163 Å². The molecule has 0 aliphatic carbocycles. The van der Waals surface area contributed by atoms with Crippen LogP contribution in [0.1, 0.15) is 49.2 Å². The highest BCUT2D eigenvalue weighted by atomic mass is 35.5. The molecular formula is C52H61ClF2N18. The number of nitriles is 2. The van der Waals surface area contributed by atoms with Crippen molar-refractivity contribution in [1.82, 2.24) is 59.5 Å². The Labute approximate surface area is 430 Å². The third-order valence-electron chi connectivity index (χ3n) is 13.2. The lowest BCUT2D eigenvalue weighted by atomic mass is 10.1. The third-order valence-corrected chi connectivity index (χ3v) is 13.4. The quantitative estimate of drug-likeness (QED) is 0.123. The van der Waals surface area contributed by atoms with Gasteiger partial charge in [0.2, 0.25) is 11.2 Å². The van der Waals surface area contributed by atoms with Gasteiger partial charge in [0, 0.05) is 114 Å². The lowest BCUT2D eigenvalue weighted by molar-refractivity contribution is 0.131. The van der Waals surface area contributed by atoms with Crippen molar-refractivity contribution in [1.29, 1.82) is 10.5 Å². The van der Waals surface area contributed by atoms with E-state index in [4.69, 9.17) is 17.3 Å². The maximum absolute atomic E-state index is 13.6. The summed E-state index contributed by atoms with van der Waals surface area (Å²) in [7, 11) is 0. The first-order chi connectivity index (χ1) is 35.6. The Kier molecular flexibility index (Phi) is 18.3. The summed E-state index contributed by atoms with van der Waals surface area (Å²) in [6.07, 6.45) is 9.20. The minimum atomic E-state index is -0.881. The van der Waals surface area contributed by atoms with Crippen LogP contribution in [0.25, 0.3) is 22.5 Å². The Morgan fingerprint density at radius 2 is 1.10 bits per heavy atom. The van der Waals surface area contributed by atoms with Crippen LogP contribution in [-0.2, 0) is 13.1 Å². The van der Waals surface area contributed by atoms with Crippen molar-refractivity contribution >= 4 is 40.6 Å². The lowest BCUT2D eigenvalue weighted by Crippen LogP contribution is -2.45. The summed E-state index contributed by atoms with van der Waals surface area (Å²) < 4.78 is 26.9. The lowest BCUT2D eigenvalue weighted by Gasteiger charge is -2.33. The number of nitrogens with one attached hydrogen (secondary N) is 1. The Bertz CT molecular complexity index is 2810. The van der Waals surface area contributed by atoms with Gasteiger partial charge in [-0.2, -0.15) is 10.5 Å². The summed E-state index contributed by atoms with van der Waals surface area (Å²) >= 11 is 5.76. The maximum Gasteiger partial charge on any atom is 0.227 e. The third kappa shape index (κ3) is 14.6. The van der Waals surface area contributed by atoms with Gasteiger partial charge < -0.3 is 30.7 Å². The molecule has 4 saturated heterocycles. The van der Waals surface area contributed by atoms with Gasteiger partial charge in [-0.15, -0.1) is 0 Å². The van der Waals surface area contributed by atoms with Gasteiger partial charge in [0.1, 0.15) is 36.1 Å². The van der Waals surface area contributed by atoms with Gasteiger partial charge in [-0.25, -0.2) is 38.7 Å². The minimum absolute atomic E-state index is 0.134. The van der Waals surface area contributed by atoms with E-state index in [1.54, 1.807) is 66.3 Å². The number of nitrogens with zero attached hydrogens (tertiary/aromatic N) is 16. The summed E-state index contributed by atoms with van der Waals surface area (Å²) in [5.74, 6) is 1.47. The highest BCUT2D eigenvalue weighted by molar-refractivity contribution is 6.28. The van der Waals surface area contributed by atoms with E-state index in [1.165, 1.54) is 13.1 Å². The van der Waals surface area contributed by atoms with Gasteiger partial charge in [0.25, 0.3) is 0 Å². The molecule has 4 fully saturated rings. The molecule has 10 heterocycles. The molecular weight excluding hydrogens is 950 g/mol. The molecule has 0 saturated carbocycles. The van der Waals surface area contributed by atoms with Crippen LogP contribution in [0.2, 0.25) is 5.28 Å². The molecule has 6 aromatic rings. The van der Waals surface area contributed by atoms with Crippen LogP contribution in [0.15, 0.2) is 85.7 Å². The van der Waals surface area contributed by atoms with Gasteiger partial charge in [-0.3, -0.25) is 19.8 Å². The van der Waals surface area contributed by atoms with Crippen molar-refractivity contribution in [3.63, 3.8) is 0 Å². The summed E-state index contributed by atoms with van der Waals surface area (Å²) in [6.45, 7) is 19.1. The molecule has 0 bridgehead atoms. The Morgan fingerprint density at radius 3 is 1.53 bits per heavy atom. The summed E-state index contributed by atoms with van der Waals surface area (Å²) in [4.78, 5) is 48.0. The molecule has 21 heteroatoms. The normalized spacial score (nSPS) is 18.5. The second kappa shape index (κ2) is 25.5. The average Bonchev–Trinajstić information content (AvgIpc) is 4.07. The first kappa shape index (κ1) is 52.3. The molecule has 4 aliphatic rings. The first-order valence-electron chi connectivity index (χ1n) is 24.8. The highest BCUT2D eigenvalue weighted by Crippen LogP contribution is 2.29. The Balaban J connectivity index is 0.000000162.